The molecule has 0 spiro atoms. The van der Waals surface area contributed by atoms with E-state index in [2.05, 4.69) is 20.0 Å². The van der Waals surface area contributed by atoms with Crippen LogP contribution < -0.4 is 4.74 Å². The highest BCUT2D eigenvalue weighted by atomic mass is 35.5. The van der Waals surface area contributed by atoms with E-state index in [9.17, 15) is 13.6 Å². The fourth-order valence-electron chi connectivity index (χ4n) is 2.59. The lowest BCUT2D eigenvalue weighted by molar-refractivity contribution is -0.0498. The zero-order valence-corrected chi connectivity index (χ0v) is 16.0. The maximum atomic E-state index is 12.6. The molecule has 1 aromatic carbocycles. The molecule has 1 N–H and O–H groups in total. The summed E-state index contributed by atoms with van der Waals surface area (Å²) >= 11 is 6.15. The lowest BCUT2D eigenvalue weighted by Crippen LogP contribution is -2.27. The number of halogens is 3. The van der Waals surface area contributed by atoms with Gasteiger partial charge in [-0.2, -0.15) is 19.0 Å². The molecule has 1 amide bonds. The molecule has 0 aliphatic heterocycles. The Morgan fingerprint density at radius 3 is 2.68 bits per heavy atom. The van der Waals surface area contributed by atoms with E-state index < -0.39 is 6.61 Å². The molecule has 0 aliphatic rings. The van der Waals surface area contributed by atoms with E-state index in [1.165, 1.54) is 17.0 Å². The third-order valence-electron chi connectivity index (χ3n) is 4.03. The Hall–Kier alpha value is -2.94. The first-order chi connectivity index (χ1) is 13.4. The predicted octanol–water partition coefficient (Wildman–Crippen LogP) is 3.82. The summed E-state index contributed by atoms with van der Waals surface area (Å²) in [6, 6.07) is 7.59. The summed E-state index contributed by atoms with van der Waals surface area (Å²) in [7, 11) is 1.64. The van der Waals surface area contributed by atoms with Gasteiger partial charge in [-0.05, 0) is 37.3 Å². The zero-order chi connectivity index (χ0) is 20.3. The second-order valence-electron chi connectivity index (χ2n) is 6.01. The molecule has 2 heterocycles. The van der Waals surface area contributed by atoms with Crippen LogP contribution in [0.1, 0.15) is 23.1 Å². The minimum absolute atomic E-state index is 0.0497. The number of amides is 1. The summed E-state index contributed by atoms with van der Waals surface area (Å²) in [6.45, 7) is -0.00491. The van der Waals surface area contributed by atoms with Gasteiger partial charge in [0.2, 0.25) is 0 Å². The van der Waals surface area contributed by atoms with Gasteiger partial charge < -0.3 is 9.64 Å². The van der Waals surface area contributed by atoms with Gasteiger partial charge in [0.15, 0.2) is 0 Å². The number of carbonyl (C=O) groups is 1. The molecule has 3 aromatic rings. The van der Waals surface area contributed by atoms with Crippen LogP contribution in [0.3, 0.4) is 0 Å². The Bertz CT molecular complexity index is 955. The van der Waals surface area contributed by atoms with E-state index in [1.54, 1.807) is 36.1 Å². The molecule has 148 valence electrons. The van der Waals surface area contributed by atoms with Crippen LogP contribution >= 0.6 is 11.6 Å². The third kappa shape index (κ3) is 4.48. The van der Waals surface area contributed by atoms with Crippen molar-refractivity contribution in [2.24, 2.45) is 0 Å². The van der Waals surface area contributed by atoms with Gasteiger partial charge >= 0.3 is 6.61 Å². The zero-order valence-electron chi connectivity index (χ0n) is 15.2. The van der Waals surface area contributed by atoms with Crippen molar-refractivity contribution >= 4 is 17.5 Å². The monoisotopic (exact) mass is 409 g/mol. The topological polar surface area (TPSA) is 76.0 Å². The maximum Gasteiger partial charge on any atom is 0.387 e. The fraction of sp³-hybridized carbons (Fsp3) is 0.278. The second kappa shape index (κ2) is 8.39. The van der Waals surface area contributed by atoms with Crippen LogP contribution in [-0.2, 0) is 13.1 Å². The van der Waals surface area contributed by atoms with Crippen molar-refractivity contribution in [1.29, 1.82) is 0 Å². The van der Waals surface area contributed by atoms with Gasteiger partial charge in [-0.15, -0.1) is 0 Å². The minimum atomic E-state index is -2.88. The number of hydrogen-bond donors (Lipinski definition) is 1. The molecule has 3 rings (SSSR count). The highest BCUT2D eigenvalue weighted by Crippen LogP contribution is 2.23. The Morgan fingerprint density at radius 1 is 1.36 bits per heavy atom. The summed E-state index contributed by atoms with van der Waals surface area (Å²) in [6.07, 6.45) is 1.71. The van der Waals surface area contributed by atoms with E-state index in [-0.39, 0.29) is 23.9 Å². The van der Waals surface area contributed by atoms with Crippen molar-refractivity contribution in [1.82, 2.24) is 24.9 Å². The first-order valence-corrected chi connectivity index (χ1v) is 8.83. The number of carbonyl (C=O) groups excluding carboxylic acids is 1. The number of H-pyrrole nitrogens is 1. The van der Waals surface area contributed by atoms with Gasteiger partial charge in [0.05, 0.1) is 17.3 Å². The largest absolute Gasteiger partial charge is 0.435 e. The van der Waals surface area contributed by atoms with Gasteiger partial charge in [0, 0.05) is 25.4 Å². The minimum Gasteiger partial charge on any atom is -0.435 e. The van der Waals surface area contributed by atoms with Crippen LogP contribution in [-0.4, -0.2) is 44.4 Å². The lowest BCUT2D eigenvalue weighted by Gasteiger charge is -2.14. The van der Waals surface area contributed by atoms with E-state index in [0.29, 0.717) is 28.5 Å². The van der Waals surface area contributed by atoms with E-state index in [1.807, 2.05) is 6.92 Å². The normalized spacial score (nSPS) is 11.1. The van der Waals surface area contributed by atoms with Crippen LogP contribution in [0.4, 0.5) is 8.78 Å². The highest BCUT2D eigenvalue weighted by molar-refractivity contribution is 6.31. The van der Waals surface area contributed by atoms with Gasteiger partial charge in [-0.1, -0.05) is 11.6 Å². The number of nitrogens with one attached hydrogen (secondary N) is 1. The van der Waals surface area contributed by atoms with Crippen molar-refractivity contribution < 1.29 is 18.3 Å². The van der Waals surface area contributed by atoms with Gasteiger partial charge in [-0.25, -0.2) is 0 Å². The maximum absolute atomic E-state index is 12.6. The fourth-order valence-corrected chi connectivity index (χ4v) is 2.80. The van der Waals surface area contributed by atoms with Crippen LogP contribution in [0.2, 0.25) is 5.02 Å². The average Bonchev–Trinajstić information content (AvgIpc) is 3.28. The molecular formula is C18H18ClF2N5O2. The smallest absolute Gasteiger partial charge is 0.387 e. The Kier molecular flexibility index (Phi) is 5.93. The van der Waals surface area contributed by atoms with Crippen molar-refractivity contribution in [2.75, 3.05) is 7.05 Å². The summed E-state index contributed by atoms with van der Waals surface area (Å²) in [5.74, 6) is -0.229. The molecule has 2 aromatic heterocycles. The van der Waals surface area contributed by atoms with Crippen molar-refractivity contribution in [3.05, 3.63) is 52.9 Å². The Balaban J connectivity index is 1.70. The molecule has 0 saturated carbocycles. The first kappa shape index (κ1) is 19.8. The average molecular weight is 410 g/mol. The molecule has 0 aliphatic carbocycles. The summed E-state index contributed by atoms with van der Waals surface area (Å²) in [4.78, 5) is 14.1. The SMILES string of the molecule is CCn1cc(Cl)c(CN(C)C(=O)c2cc(-c3ccc(OC(F)F)cc3)n[nH]2)n1. The third-order valence-corrected chi connectivity index (χ3v) is 4.34. The molecule has 28 heavy (non-hydrogen) atoms. The molecule has 0 saturated heterocycles. The highest BCUT2D eigenvalue weighted by Gasteiger charge is 2.18. The summed E-state index contributed by atoms with van der Waals surface area (Å²) in [5.41, 5.74) is 2.06. The second-order valence-corrected chi connectivity index (χ2v) is 6.42. The summed E-state index contributed by atoms with van der Waals surface area (Å²) in [5, 5.41) is 11.6. The standard InChI is InChI=1S/C18H18ClF2N5O2/c1-3-26-9-13(19)16(24-26)10-25(2)17(27)15-8-14(22-23-15)11-4-6-12(7-5-11)28-18(20)21/h4-9,18H,3,10H2,1-2H3,(H,22,23). The number of aromatic amines is 1. The molecule has 0 unspecified atom stereocenters. The van der Waals surface area contributed by atoms with Crippen molar-refractivity contribution in [3.8, 4) is 17.0 Å². The molecular weight excluding hydrogens is 392 g/mol. The van der Waals surface area contributed by atoms with Gasteiger partial charge in [0.25, 0.3) is 5.91 Å². The first-order valence-electron chi connectivity index (χ1n) is 8.45. The number of benzene rings is 1. The van der Waals surface area contributed by atoms with Crippen LogP contribution in [0.5, 0.6) is 5.75 Å². The van der Waals surface area contributed by atoms with Crippen LogP contribution in [0.15, 0.2) is 36.5 Å². The number of aromatic nitrogens is 4. The number of aryl methyl sites for hydroxylation is 1. The van der Waals surface area contributed by atoms with E-state index in [0.717, 1.165) is 0 Å². The molecule has 0 fully saturated rings. The number of ether oxygens (including phenoxy) is 1. The van der Waals surface area contributed by atoms with E-state index >= 15 is 0 Å². The van der Waals surface area contributed by atoms with Crippen LogP contribution in [0.25, 0.3) is 11.3 Å². The molecule has 10 heteroatoms. The number of rotatable bonds is 7. The Morgan fingerprint density at radius 2 is 2.07 bits per heavy atom. The van der Waals surface area contributed by atoms with E-state index in [4.69, 9.17) is 11.6 Å². The van der Waals surface area contributed by atoms with Gasteiger partial charge in [0.1, 0.15) is 17.1 Å². The Labute approximate surface area is 164 Å². The van der Waals surface area contributed by atoms with Crippen molar-refractivity contribution in [3.63, 3.8) is 0 Å². The number of alkyl halides is 2. The molecule has 7 nitrogen and oxygen atoms in total. The molecule has 0 radical (unpaired) electrons. The number of nitrogens with zero attached hydrogens (tertiary/aromatic N) is 4. The molecule has 0 atom stereocenters. The molecule has 0 bridgehead atoms. The quantitative estimate of drug-likeness (QED) is 0.643. The summed E-state index contributed by atoms with van der Waals surface area (Å²) < 4.78 is 30.5. The van der Waals surface area contributed by atoms with Crippen molar-refractivity contribution in [2.45, 2.75) is 26.6 Å². The van der Waals surface area contributed by atoms with Crippen LogP contribution in [0, 0.1) is 0 Å². The predicted molar refractivity (Wildman–Crippen MR) is 99.4 cm³/mol. The lowest BCUT2D eigenvalue weighted by atomic mass is 10.1. The van der Waals surface area contributed by atoms with Gasteiger partial charge in [-0.3, -0.25) is 14.6 Å². The number of hydrogen-bond acceptors (Lipinski definition) is 4.